The normalized spacial score (nSPS) is 17.3. The molecule has 0 radical (unpaired) electrons. The van der Waals surface area contributed by atoms with Gasteiger partial charge in [-0.1, -0.05) is 43.3 Å². The summed E-state index contributed by atoms with van der Waals surface area (Å²) in [5.41, 5.74) is 1.14. The number of sulfonamides is 1. The third-order valence-electron chi connectivity index (χ3n) is 5.49. The van der Waals surface area contributed by atoms with Gasteiger partial charge < -0.3 is 10.1 Å². The fourth-order valence-corrected chi connectivity index (χ4v) is 5.36. The Kier molecular flexibility index (Phi) is 8.49. The Hall–Kier alpha value is -2.38. The van der Waals surface area contributed by atoms with E-state index >= 15 is 0 Å². The second-order valence-electron chi connectivity index (χ2n) is 7.87. The number of hydrogen-bond acceptors (Lipinski definition) is 4. The maximum Gasteiger partial charge on any atom is 0.243 e. The summed E-state index contributed by atoms with van der Waals surface area (Å²) in [4.78, 5) is 12.9. The van der Waals surface area contributed by atoms with Crippen molar-refractivity contribution in [1.29, 1.82) is 0 Å². The summed E-state index contributed by atoms with van der Waals surface area (Å²) in [7, 11) is -3.56. The Morgan fingerprint density at radius 1 is 1.13 bits per heavy atom. The van der Waals surface area contributed by atoms with Crippen LogP contribution < -0.4 is 10.1 Å². The lowest BCUT2D eigenvalue weighted by molar-refractivity contribution is -0.126. The van der Waals surface area contributed by atoms with E-state index in [2.05, 4.69) is 18.3 Å². The molecule has 0 aliphatic carbocycles. The number of hydrogen-bond donors (Lipinski definition) is 1. The van der Waals surface area contributed by atoms with Gasteiger partial charge in [-0.15, -0.1) is 0 Å². The molecule has 1 amide bonds. The Labute approximate surface area is 185 Å². The van der Waals surface area contributed by atoms with Gasteiger partial charge >= 0.3 is 0 Å². The maximum absolute atomic E-state index is 12.9. The van der Waals surface area contributed by atoms with Gasteiger partial charge in [0.15, 0.2) is 0 Å². The summed E-state index contributed by atoms with van der Waals surface area (Å²) in [5, 5.41) is 3.00. The van der Waals surface area contributed by atoms with E-state index in [4.69, 9.17) is 4.74 Å². The molecule has 0 bridgehead atoms. The molecule has 7 heteroatoms. The highest BCUT2D eigenvalue weighted by Gasteiger charge is 2.33. The second kappa shape index (κ2) is 11.3. The largest absolute Gasteiger partial charge is 0.493 e. The van der Waals surface area contributed by atoms with Crippen molar-refractivity contribution in [1.82, 2.24) is 9.62 Å². The summed E-state index contributed by atoms with van der Waals surface area (Å²) in [6, 6.07) is 16.4. The van der Waals surface area contributed by atoms with Crippen molar-refractivity contribution in [2.45, 2.75) is 43.9 Å². The second-order valence-corrected chi connectivity index (χ2v) is 9.80. The summed E-state index contributed by atoms with van der Waals surface area (Å²) in [5.74, 6) is 0.528. The van der Waals surface area contributed by atoms with Gasteiger partial charge in [0, 0.05) is 19.6 Å². The monoisotopic (exact) mass is 444 g/mol. The molecule has 2 aromatic rings. The van der Waals surface area contributed by atoms with E-state index in [0.717, 1.165) is 30.6 Å². The highest BCUT2D eigenvalue weighted by Crippen LogP contribution is 2.24. The van der Waals surface area contributed by atoms with Crippen molar-refractivity contribution in [2.24, 2.45) is 5.92 Å². The molecule has 31 heavy (non-hydrogen) atoms. The van der Waals surface area contributed by atoms with Crippen molar-refractivity contribution < 1.29 is 17.9 Å². The molecule has 168 valence electrons. The Morgan fingerprint density at radius 3 is 2.65 bits per heavy atom. The van der Waals surface area contributed by atoms with Gasteiger partial charge in [-0.3, -0.25) is 4.79 Å². The molecule has 1 N–H and O–H groups in total. The lowest BCUT2D eigenvalue weighted by Gasteiger charge is -2.31. The van der Waals surface area contributed by atoms with Gasteiger partial charge in [0.1, 0.15) is 5.75 Å². The van der Waals surface area contributed by atoms with Gasteiger partial charge in [0.05, 0.1) is 17.4 Å². The van der Waals surface area contributed by atoms with Crippen LogP contribution in [0.5, 0.6) is 5.75 Å². The molecule has 3 rings (SSSR count). The molecule has 0 spiro atoms. The quantitative estimate of drug-likeness (QED) is 0.568. The Bertz CT molecular complexity index is 947. The first-order valence-electron chi connectivity index (χ1n) is 11.1. The number of aryl methyl sites for hydroxylation is 1. The molecule has 1 unspecified atom stereocenters. The third kappa shape index (κ3) is 6.31. The molecule has 1 aliphatic heterocycles. The highest BCUT2D eigenvalue weighted by molar-refractivity contribution is 7.89. The first-order chi connectivity index (χ1) is 15.0. The number of amides is 1. The molecule has 1 heterocycles. The molecular weight excluding hydrogens is 412 g/mol. The van der Waals surface area contributed by atoms with E-state index in [1.165, 1.54) is 4.31 Å². The molecule has 0 aromatic heterocycles. The minimum atomic E-state index is -3.56. The minimum Gasteiger partial charge on any atom is -0.493 e. The third-order valence-corrected chi connectivity index (χ3v) is 7.37. The zero-order chi connectivity index (χ0) is 22.1. The molecule has 1 saturated heterocycles. The summed E-state index contributed by atoms with van der Waals surface area (Å²) >= 11 is 0. The zero-order valence-electron chi connectivity index (χ0n) is 18.1. The molecule has 6 nitrogen and oxygen atoms in total. The summed E-state index contributed by atoms with van der Waals surface area (Å²) in [6.07, 6.45) is 3.98. The number of carbonyl (C=O) groups is 1. The number of ether oxygens (including phenoxy) is 1. The number of nitrogens with zero attached hydrogens (tertiary/aromatic N) is 1. The van der Waals surface area contributed by atoms with E-state index in [1.54, 1.807) is 30.3 Å². The number of para-hydroxylation sites is 1. The topological polar surface area (TPSA) is 75.7 Å². The predicted molar refractivity (Wildman–Crippen MR) is 121 cm³/mol. The van der Waals surface area contributed by atoms with Gasteiger partial charge in [-0.2, -0.15) is 4.31 Å². The van der Waals surface area contributed by atoms with E-state index in [9.17, 15) is 13.2 Å². The van der Waals surface area contributed by atoms with Gasteiger partial charge in [0.2, 0.25) is 15.9 Å². The van der Waals surface area contributed by atoms with E-state index < -0.39 is 10.0 Å². The van der Waals surface area contributed by atoms with Crippen molar-refractivity contribution in [3.63, 3.8) is 0 Å². The fraction of sp³-hybridized carbons (Fsp3) is 0.458. The smallest absolute Gasteiger partial charge is 0.243 e. The van der Waals surface area contributed by atoms with Crippen molar-refractivity contribution in [3.05, 3.63) is 60.2 Å². The van der Waals surface area contributed by atoms with Gasteiger partial charge in [0.25, 0.3) is 0 Å². The first-order valence-corrected chi connectivity index (χ1v) is 12.5. The van der Waals surface area contributed by atoms with Crippen LogP contribution in [0.25, 0.3) is 0 Å². The van der Waals surface area contributed by atoms with Crippen LogP contribution in [0.4, 0.5) is 0 Å². The highest BCUT2D eigenvalue weighted by atomic mass is 32.2. The SMILES string of the molecule is CCCOc1ccccc1CCCNC(=O)C1CCCN(S(=O)(=O)c2ccccc2)C1. The van der Waals surface area contributed by atoms with Crippen LogP contribution in [0.15, 0.2) is 59.5 Å². The summed E-state index contributed by atoms with van der Waals surface area (Å²) < 4.78 is 33.0. The van der Waals surface area contributed by atoms with E-state index in [-0.39, 0.29) is 23.3 Å². The molecular formula is C24H32N2O4S. The number of carbonyl (C=O) groups excluding carboxylic acids is 1. The standard InChI is InChI=1S/C24H32N2O4S/c1-2-18-30-23-15-7-6-10-20(23)11-8-16-25-24(27)21-12-9-17-26(19-21)31(28,29)22-13-4-3-5-14-22/h3-7,10,13-15,21H,2,8-9,11-12,16-19H2,1H3,(H,25,27). The minimum absolute atomic E-state index is 0.0662. The fourth-order valence-electron chi connectivity index (χ4n) is 3.81. The molecule has 1 atom stereocenters. The van der Waals surface area contributed by atoms with Gasteiger partial charge in [-0.05, 0) is 55.9 Å². The van der Waals surface area contributed by atoms with Crippen LogP contribution in [0.3, 0.4) is 0 Å². The molecule has 0 saturated carbocycles. The van der Waals surface area contributed by atoms with Crippen LogP contribution in [0.2, 0.25) is 0 Å². The van der Waals surface area contributed by atoms with Crippen molar-refractivity contribution in [2.75, 3.05) is 26.2 Å². The molecule has 2 aromatic carbocycles. The van der Waals surface area contributed by atoms with Crippen molar-refractivity contribution in [3.8, 4) is 5.75 Å². The average molecular weight is 445 g/mol. The van der Waals surface area contributed by atoms with Crippen molar-refractivity contribution >= 4 is 15.9 Å². The predicted octanol–water partition coefficient (Wildman–Crippen LogP) is 3.63. The number of piperidine rings is 1. The van der Waals surface area contributed by atoms with E-state index in [0.29, 0.717) is 32.5 Å². The maximum atomic E-state index is 12.9. The molecule has 1 aliphatic rings. The first kappa shape index (κ1) is 23.3. The zero-order valence-corrected chi connectivity index (χ0v) is 18.9. The Morgan fingerprint density at radius 2 is 1.87 bits per heavy atom. The lowest BCUT2D eigenvalue weighted by atomic mass is 9.99. The number of benzene rings is 2. The van der Waals surface area contributed by atoms with Crippen LogP contribution in [0, 0.1) is 5.92 Å². The average Bonchev–Trinajstić information content (AvgIpc) is 2.81. The van der Waals surface area contributed by atoms with Crippen LogP contribution in [-0.2, 0) is 21.2 Å². The molecule has 1 fully saturated rings. The number of nitrogens with one attached hydrogen (secondary N) is 1. The summed E-state index contributed by atoms with van der Waals surface area (Å²) in [6.45, 7) is 4.02. The van der Waals surface area contributed by atoms with E-state index in [1.807, 2.05) is 18.2 Å². The van der Waals surface area contributed by atoms with Gasteiger partial charge in [-0.25, -0.2) is 8.42 Å². The Balaban J connectivity index is 1.49. The van der Waals surface area contributed by atoms with Crippen LogP contribution in [-0.4, -0.2) is 44.9 Å². The number of rotatable bonds is 10. The van der Waals surface area contributed by atoms with Crippen LogP contribution >= 0.6 is 0 Å². The van der Waals surface area contributed by atoms with Crippen LogP contribution in [0.1, 0.15) is 38.2 Å². The lowest BCUT2D eigenvalue weighted by Crippen LogP contribution is -2.45.